The summed E-state index contributed by atoms with van der Waals surface area (Å²) < 4.78 is 21.4. The van der Waals surface area contributed by atoms with Crippen LogP contribution in [0, 0.1) is 0 Å². The van der Waals surface area contributed by atoms with Gasteiger partial charge in [-0.1, -0.05) is 29.8 Å². The predicted octanol–water partition coefficient (Wildman–Crippen LogP) is 4.35. The van der Waals surface area contributed by atoms with E-state index >= 15 is 0 Å². The summed E-state index contributed by atoms with van der Waals surface area (Å²) in [5.41, 5.74) is 0.861. The molecule has 0 saturated carbocycles. The van der Waals surface area contributed by atoms with Crippen LogP contribution >= 0.6 is 11.6 Å². The molecule has 152 valence electrons. The van der Waals surface area contributed by atoms with Gasteiger partial charge in [0.1, 0.15) is 0 Å². The van der Waals surface area contributed by atoms with Crippen LogP contribution in [-0.2, 0) is 16.0 Å². The number of rotatable bonds is 7. The topological polar surface area (TPSA) is 75.0 Å². The van der Waals surface area contributed by atoms with Crippen LogP contribution in [0.15, 0.2) is 51.7 Å². The molecule has 0 radical (unpaired) electrons. The van der Waals surface area contributed by atoms with Crippen LogP contribution < -0.4 is 15.1 Å². The van der Waals surface area contributed by atoms with Gasteiger partial charge in [-0.3, -0.25) is 4.79 Å². The molecule has 1 heterocycles. The third-order valence-electron chi connectivity index (χ3n) is 4.62. The van der Waals surface area contributed by atoms with Gasteiger partial charge < -0.3 is 18.6 Å². The Morgan fingerprint density at radius 2 is 1.90 bits per heavy atom. The molecule has 6 nitrogen and oxygen atoms in total. The van der Waals surface area contributed by atoms with Crippen LogP contribution in [-0.4, -0.2) is 26.8 Å². The lowest BCUT2D eigenvalue weighted by Gasteiger charge is -2.19. The van der Waals surface area contributed by atoms with Crippen LogP contribution in [0.25, 0.3) is 11.0 Å². The van der Waals surface area contributed by atoms with Crippen molar-refractivity contribution in [3.63, 3.8) is 0 Å². The fraction of sp³-hybridized carbons (Fsp3) is 0.273. The summed E-state index contributed by atoms with van der Waals surface area (Å²) in [6.45, 7) is 1.95. The lowest BCUT2D eigenvalue weighted by atomic mass is 9.90. The van der Waals surface area contributed by atoms with Crippen molar-refractivity contribution in [3.05, 3.63) is 69.0 Å². The Labute approximate surface area is 172 Å². The quantitative estimate of drug-likeness (QED) is 0.421. The molecule has 0 saturated heterocycles. The minimum absolute atomic E-state index is 0.211. The Bertz CT molecular complexity index is 1090. The normalized spacial score (nSPS) is 11.9. The Balaban J connectivity index is 2.23. The Kier molecular flexibility index (Phi) is 6.44. The fourth-order valence-electron chi connectivity index (χ4n) is 3.30. The lowest BCUT2D eigenvalue weighted by Crippen LogP contribution is -2.20. The molecule has 0 N–H and O–H groups in total. The summed E-state index contributed by atoms with van der Waals surface area (Å²) in [5.74, 6) is -0.503. The molecule has 1 atom stereocenters. The lowest BCUT2D eigenvalue weighted by molar-refractivity contribution is -0.144. The summed E-state index contributed by atoms with van der Waals surface area (Å²) in [7, 11) is 2.95. The number of carbonyl (C=O) groups is 1. The zero-order valence-electron chi connectivity index (χ0n) is 16.4. The minimum Gasteiger partial charge on any atom is -0.493 e. The molecule has 1 aromatic heterocycles. The predicted molar refractivity (Wildman–Crippen MR) is 110 cm³/mol. The second-order valence-corrected chi connectivity index (χ2v) is 6.71. The number of hydrogen-bond donors (Lipinski definition) is 0. The van der Waals surface area contributed by atoms with Gasteiger partial charge in [0.25, 0.3) is 0 Å². The molecule has 2 aromatic carbocycles. The molecule has 0 aliphatic heterocycles. The molecule has 3 aromatic rings. The molecular formula is C22H21ClO6. The van der Waals surface area contributed by atoms with E-state index in [9.17, 15) is 9.59 Å². The van der Waals surface area contributed by atoms with Gasteiger partial charge in [-0.25, -0.2) is 4.79 Å². The van der Waals surface area contributed by atoms with Gasteiger partial charge in [0, 0.05) is 16.5 Å². The van der Waals surface area contributed by atoms with Crippen LogP contribution in [0.2, 0.25) is 5.02 Å². The molecule has 3 rings (SSSR count). The Morgan fingerprint density at radius 1 is 1.14 bits per heavy atom. The average Bonchev–Trinajstić information content (AvgIpc) is 2.71. The first kappa shape index (κ1) is 20.7. The third kappa shape index (κ3) is 4.22. The summed E-state index contributed by atoms with van der Waals surface area (Å²) in [5, 5.41) is 1.10. The molecule has 7 heteroatoms. The Hall–Kier alpha value is -2.99. The van der Waals surface area contributed by atoms with Crippen LogP contribution in [0.5, 0.6) is 11.5 Å². The van der Waals surface area contributed by atoms with Gasteiger partial charge in [0.05, 0.1) is 26.7 Å². The molecule has 0 aliphatic rings. The van der Waals surface area contributed by atoms with Crippen LogP contribution in [0.1, 0.15) is 24.0 Å². The first-order chi connectivity index (χ1) is 14.0. The maximum Gasteiger partial charge on any atom is 0.336 e. The molecule has 0 fully saturated rings. The fourth-order valence-corrected chi connectivity index (χ4v) is 3.51. The number of esters is 1. The maximum absolute atomic E-state index is 12.8. The number of carbonyl (C=O) groups excluding carboxylic acids is 1. The second-order valence-electron chi connectivity index (χ2n) is 6.30. The van der Waals surface area contributed by atoms with E-state index in [1.165, 1.54) is 20.3 Å². The maximum atomic E-state index is 12.8. The molecule has 0 unspecified atom stereocenters. The molecule has 0 aliphatic carbocycles. The molecule has 0 amide bonds. The van der Waals surface area contributed by atoms with Crippen molar-refractivity contribution < 1.29 is 23.4 Å². The van der Waals surface area contributed by atoms with E-state index in [4.69, 9.17) is 30.2 Å². The summed E-state index contributed by atoms with van der Waals surface area (Å²) in [4.78, 5) is 25.2. The highest BCUT2D eigenvalue weighted by molar-refractivity contribution is 6.31. The first-order valence-electron chi connectivity index (χ1n) is 9.08. The Morgan fingerprint density at radius 3 is 2.55 bits per heavy atom. The van der Waals surface area contributed by atoms with Crippen LogP contribution in [0.4, 0.5) is 0 Å². The van der Waals surface area contributed by atoms with Crippen molar-refractivity contribution in [2.45, 2.75) is 19.3 Å². The van der Waals surface area contributed by atoms with Gasteiger partial charge in [-0.05, 0) is 42.7 Å². The van der Waals surface area contributed by atoms with Gasteiger partial charge in [-0.15, -0.1) is 0 Å². The zero-order valence-corrected chi connectivity index (χ0v) is 17.1. The molecule has 0 bridgehead atoms. The second kappa shape index (κ2) is 9.01. The smallest absolute Gasteiger partial charge is 0.336 e. The minimum atomic E-state index is -0.750. The van der Waals surface area contributed by atoms with E-state index in [1.807, 2.05) is 18.2 Å². The van der Waals surface area contributed by atoms with Gasteiger partial charge in [0.15, 0.2) is 11.3 Å². The van der Waals surface area contributed by atoms with Gasteiger partial charge >= 0.3 is 11.6 Å². The van der Waals surface area contributed by atoms with Crippen LogP contribution in [0.3, 0.4) is 0 Å². The van der Waals surface area contributed by atoms with E-state index in [2.05, 4.69) is 0 Å². The van der Waals surface area contributed by atoms with E-state index < -0.39 is 17.5 Å². The third-order valence-corrected chi connectivity index (χ3v) is 4.98. The van der Waals surface area contributed by atoms with Crippen molar-refractivity contribution in [1.82, 2.24) is 0 Å². The number of methoxy groups -OCH3 is 2. The number of halogens is 1. The number of benzene rings is 2. The number of fused-ring (bicyclic) bond motifs is 1. The SMILES string of the molecule is CCOC(=O)[C@H](Cc1ccccc1Cl)c1cc(=O)oc2c(OC)c(OC)ccc12. The highest BCUT2D eigenvalue weighted by Gasteiger charge is 2.28. The van der Waals surface area contributed by atoms with Crippen molar-refractivity contribution in [2.75, 3.05) is 20.8 Å². The number of hydrogen-bond acceptors (Lipinski definition) is 6. The van der Waals surface area contributed by atoms with Gasteiger partial charge in [0.2, 0.25) is 5.75 Å². The summed E-state index contributed by atoms with van der Waals surface area (Å²) in [6, 6.07) is 12.0. The number of ether oxygens (including phenoxy) is 3. The van der Waals surface area contributed by atoms with E-state index in [1.54, 1.807) is 25.1 Å². The standard InChI is InChI=1S/C22H21ClO6/c1-4-28-22(25)16(11-13-7-5-6-8-17(13)23)15-12-19(24)29-20-14(15)9-10-18(26-2)21(20)27-3/h5-10,12,16H,4,11H2,1-3H3/t16-/m1/s1. The molecule has 29 heavy (non-hydrogen) atoms. The molecule has 0 spiro atoms. The van der Waals surface area contributed by atoms with Crippen molar-refractivity contribution in [2.24, 2.45) is 0 Å². The summed E-state index contributed by atoms with van der Waals surface area (Å²) >= 11 is 6.31. The van der Waals surface area contributed by atoms with Crippen molar-refractivity contribution in [3.8, 4) is 11.5 Å². The van der Waals surface area contributed by atoms with E-state index in [-0.39, 0.29) is 24.4 Å². The van der Waals surface area contributed by atoms with Crippen molar-refractivity contribution in [1.29, 1.82) is 0 Å². The van der Waals surface area contributed by atoms with Gasteiger partial charge in [-0.2, -0.15) is 0 Å². The first-order valence-corrected chi connectivity index (χ1v) is 9.46. The van der Waals surface area contributed by atoms with E-state index in [0.717, 1.165) is 5.56 Å². The van der Waals surface area contributed by atoms with Crippen molar-refractivity contribution >= 4 is 28.5 Å². The molecular weight excluding hydrogens is 396 g/mol. The highest BCUT2D eigenvalue weighted by atomic mass is 35.5. The largest absolute Gasteiger partial charge is 0.493 e. The highest BCUT2D eigenvalue weighted by Crippen LogP contribution is 2.38. The average molecular weight is 417 g/mol. The zero-order chi connectivity index (χ0) is 21.0. The monoisotopic (exact) mass is 416 g/mol. The van der Waals surface area contributed by atoms with E-state index in [0.29, 0.717) is 21.7 Å². The summed E-state index contributed by atoms with van der Waals surface area (Å²) in [6.07, 6.45) is 0.269.